The molecule has 0 saturated carbocycles. The van der Waals surface area contributed by atoms with Crippen LogP contribution in [0.1, 0.15) is 104 Å². The Bertz CT molecular complexity index is 189. The molecular weight excluding hydrogens is 394 g/mol. The molecule has 3 nitrogen and oxygen atoms in total. The van der Waals surface area contributed by atoms with Crippen LogP contribution in [0, 0.1) is 0 Å². The Morgan fingerprint density at radius 1 is 0.565 bits per heavy atom. The van der Waals surface area contributed by atoms with E-state index in [2.05, 4.69) is 13.8 Å². The Labute approximate surface area is 162 Å². The van der Waals surface area contributed by atoms with E-state index in [9.17, 15) is 5.02 Å². The Morgan fingerprint density at radius 3 is 1.22 bits per heavy atom. The van der Waals surface area contributed by atoms with E-state index in [1.165, 1.54) is 77.0 Å². The van der Waals surface area contributed by atoms with Gasteiger partial charge in [0.05, 0.1) is 0 Å². The third-order valence-electron chi connectivity index (χ3n) is 4.02. The molecule has 0 atom stereocenters. The van der Waals surface area contributed by atoms with Crippen LogP contribution in [0.2, 0.25) is 0 Å². The molecular formula is C18H41BO3Sn. The van der Waals surface area contributed by atoms with Crippen molar-refractivity contribution in [1.82, 2.24) is 0 Å². The van der Waals surface area contributed by atoms with Crippen molar-refractivity contribution in [1.29, 1.82) is 0 Å². The molecule has 0 aliphatic heterocycles. The molecule has 0 unspecified atom stereocenters. The molecule has 1 N–H and O–H groups in total. The monoisotopic (exact) mass is 436 g/mol. The molecule has 0 bridgehead atoms. The first-order valence-corrected chi connectivity index (χ1v) is 9.72. The molecule has 0 saturated heterocycles. The normalized spacial score (nSPS) is 10.6. The summed E-state index contributed by atoms with van der Waals surface area (Å²) < 4.78 is 10.5. The van der Waals surface area contributed by atoms with Gasteiger partial charge in [-0.2, -0.15) is 0 Å². The second kappa shape index (κ2) is 22.7. The predicted octanol–water partition coefficient (Wildman–Crippen LogP) is 4.58. The van der Waals surface area contributed by atoms with Gasteiger partial charge in [0.2, 0.25) is 0 Å². The van der Waals surface area contributed by atoms with Gasteiger partial charge in [0.15, 0.2) is 0 Å². The van der Waals surface area contributed by atoms with E-state index in [1.54, 1.807) is 0 Å². The average Bonchev–Trinajstić information content (AvgIpc) is 2.52. The summed E-state index contributed by atoms with van der Waals surface area (Å²) in [4.78, 5) is 0. The molecule has 0 spiro atoms. The molecule has 0 aliphatic rings. The number of rotatable bonds is 18. The maximum atomic E-state index is 9.55. The van der Waals surface area contributed by atoms with Crippen LogP contribution in [-0.4, -0.2) is 49.5 Å². The van der Waals surface area contributed by atoms with E-state index in [0.29, 0.717) is 13.2 Å². The average molecular weight is 435 g/mol. The van der Waals surface area contributed by atoms with Crippen molar-refractivity contribution < 1.29 is 14.3 Å². The summed E-state index contributed by atoms with van der Waals surface area (Å²) in [6, 6.07) is 0. The fourth-order valence-electron chi connectivity index (χ4n) is 2.53. The van der Waals surface area contributed by atoms with Gasteiger partial charge in [-0.1, -0.05) is 90.9 Å². The van der Waals surface area contributed by atoms with Crippen LogP contribution < -0.4 is 0 Å². The van der Waals surface area contributed by atoms with Crippen LogP contribution in [0.3, 0.4) is 0 Å². The zero-order valence-electron chi connectivity index (χ0n) is 15.9. The number of hydrogen-bond acceptors (Lipinski definition) is 3. The Kier molecular flexibility index (Phi) is 25.7. The van der Waals surface area contributed by atoms with Crippen LogP contribution in [0.4, 0.5) is 0 Å². The van der Waals surface area contributed by atoms with Crippen molar-refractivity contribution in [3.05, 3.63) is 0 Å². The Hall–Kier alpha value is 0.744. The van der Waals surface area contributed by atoms with E-state index < -0.39 is 7.32 Å². The summed E-state index contributed by atoms with van der Waals surface area (Å²) in [5.74, 6) is 0. The Balaban J connectivity index is 0. The van der Waals surface area contributed by atoms with Gasteiger partial charge >= 0.3 is 31.2 Å². The molecule has 0 heterocycles. The molecule has 0 aromatic rings. The van der Waals surface area contributed by atoms with Gasteiger partial charge in [-0.05, 0) is 12.8 Å². The second-order valence-corrected chi connectivity index (χ2v) is 6.29. The van der Waals surface area contributed by atoms with E-state index in [0.717, 1.165) is 12.8 Å². The van der Waals surface area contributed by atoms with Crippen molar-refractivity contribution in [2.24, 2.45) is 0 Å². The van der Waals surface area contributed by atoms with Crippen LogP contribution in [0.15, 0.2) is 0 Å². The van der Waals surface area contributed by atoms with Crippen LogP contribution >= 0.6 is 0 Å². The van der Waals surface area contributed by atoms with Crippen molar-refractivity contribution in [3.63, 3.8) is 0 Å². The van der Waals surface area contributed by atoms with Gasteiger partial charge in [-0.25, -0.2) is 0 Å². The summed E-state index contributed by atoms with van der Waals surface area (Å²) in [5, 5.41) is 9.55. The standard InChI is InChI=1S/C18H39BO3.Sn.2H/c1-3-5-7-9-11-13-15-17-21-19(20)22-18-16-14-12-10-8-6-4-2;;;/h20H,3-18H2,1-2H3;;;. The maximum absolute atomic E-state index is 9.55. The van der Waals surface area contributed by atoms with Gasteiger partial charge in [-0.3, -0.25) is 0 Å². The van der Waals surface area contributed by atoms with Gasteiger partial charge < -0.3 is 14.3 Å². The minimum absolute atomic E-state index is 0. The topological polar surface area (TPSA) is 38.7 Å². The fourth-order valence-corrected chi connectivity index (χ4v) is 2.53. The fraction of sp³-hybridized carbons (Fsp3) is 1.00. The molecule has 5 heteroatoms. The minimum atomic E-state index is -1.03. The molecule has 0 aromatic carbocycles. The third kappa shape index (κ3) is 22.7. The number of unbranched alkanes of at least 4 members (excludes halogenated alkanes) is 12. The van der Waals surface area contributed by atoms with Gasteiger partial charge in [0.25, 0.3) is 0 Å². The summed E-state index contributed by atoms with van der Waals surface area (Å²) >= 11 is 0. The zero-order valence-corrected chi connectivity index (χ0v) is 19.9. The second-order valence-electron chi connectivity index (χ2n) is 6.29. The van der Waals surface area contributed by atoms with E-state index in [4.69, 9.17) is 9.31 Å². The molecule has 0 rings (SSSR count). The molecule has 0 aliphatic carbocycles. The quantitative estimate of drug-likeness (QED) is 0.253. The molecule has 2 radical (unpaired) electrons. The van der Waals surface area contributed by atoms with E-state index in [1.807, 2.05) is 0 Å². The molecule has 0 aromatic heterocycles. The van der Waals surface area contributed by atoms with Crippen LogP contribution in [0.5, 0.6) is 0 Å². The molecule has 0 fully saturated rings. The van der Waals surface area contributed by atoms with Gasteiger partial charge in [0, 0.05) is 13.2 Å². The van der Waals surface area contributed by atoms with Gasteiger partial charge in [0.1, 0.15) is 0 Å². The first-order valence-electron chi connectivity index (χ1n) is 9.72. The summed E-state index contributed by atoms with van der Waals surface area (Å²) in [7, 11) is -1.03. The first kappa shape index (κ1) is 26.0. The zero-order chi connectivity index (χ0) is 16.3. The van der Waals surface area contributed by atoms with Crippen molar-refractivity contribution in [3.8, 4) is 0 Å². The van der Waals surface area contributed by atoms with Crippen LogP contribution in [0.25, 0.3) is 0 Å². The van der Waals surface area contributed by atoms with Crippen LogP contribution in [-0.2, 0) is 9.31 Å². The summed E-state index contributed by atoms with van der Waals surface area (Å²) in [6.45, 7) is 5.68. The summed E-state index contributed by atoms with van der Waals surface area (Å²) in [6.07, 6.45) is 17.6. The molecule has 0 amide bonds. The molecule has 138 valence electrons. The van der Waals surface area contributed by atoms with Crippen molar-refractivity contribution in [2.75, 3.05) is 13.2 Å². The number of hydrogen-bond donors (Lipinski definition) is 1. The SMILES string of the molecule is CCCCCCCCCOB(O)OCCCCCCCCC.[SnH2]. The third-order valence-corrected chi connectivity index (χ3v) is 4.02. The molecule has 23 heavy (non-hydrogen) atoms. The first-order chi connectivity index (χ1) is 10.8. The summed E-state index contributed by atoms with van der Waals surface area (Å²) in [5.41, 5.74) is 0. The van der Waals surface area contributed by atoms with Gasteiger partial charge in [-0.15, -0.1) is 0 Å². The van der Waals surface area contributed by atoms with Crippen molar-refractivity contribution >= 4 is 31.2 Å². The predicted molar refractivity (Wildman–Crippen MR) is 104 cm³/mol. The van der Waals surface area contributed by atoms with E-state index >= 15 is 0 Å². The Morgan fingerprint density at radius 2 is 0.870 bits per heavy atom. The van der Waals surface area contributed by atoms with Crippen molar-refractivity contribution in [2.45, 2.75) is 104 Å². The van der Waals surface area contributed by atoms with E-state index in [-0.39, 0.29) is 23.9 Å².